The third-order valence-corrected chi connectivity index (χ3v) is 5.42. The monoisotopic (exact) mass is 284 g/mol. The molecule has 2 N–H and O–H groups in total. The number of hydrogen-bond acceptors (Lipinski definition) is 4. The van der Waals surface area contributed by atoms with Crippen LogP contribution in [0.3, 0.4) is 0 Å². The summed E-state index contributed by atoms with van der Waals surface area (Å²) in [6.07, 6.45) is 5.82. The maximum Gasteiger partial charge on any atom is 0.243 e. The van der Waals surface area contributed by atoms with E-state index in [0.29, 0.717) is 12.2 Å². The largest absolute Gasteiger partial charge is 0.325 e. The lowest BCUT2D eigenvalue weighted by Gasteiger charge is -2.29. The van der Waals surface area contributed by atoms with E-state index in [9.17, 15) is 9.59 Å². The predicted octanol–water partition coefficient (Wildman–Crippen LogP) is 1.92. The third-order valence-electron chi connectivity index (χ3n) is 3.74. The highest BCUT2D eigenvalue weighted by Crippen LogP contribution is 2.32. The number of nitrogens with zero attached hydrogens (tertiary/aromatic N) is 1. The van der Waals surface area contributed by atoms with E-state index in [1.165, 1.54) is 18.2 Å². The van der Waals surface area contributed by atoms with Gasteiger partial charge in [0.2, 0.25) is 11.8 Å². The normalized spacial score (nSPS) is 26.3. The summed E-state index contributed by atoms with van der Waals surface area (Å²) in [5.74, 6) is 0.741. The van der Waals surface area contributed by atoms with Crippen LogP contribution < -0.4 is 5.73 Å². The molecule has 1 heterocycles. The molecule has 2 rings (SSSR count). The fourth-order valence-corrected chi connectivity index (χ4v) is 3.94. The number of rotatable bonds is 4. The lowest BCUT2D eigenvalue weighted by atomic mass is 9.94. The van der Waals surface area contributed by atoms with Crippen LogP contribution in [-0.4, -0.2) is 39.3 Å². The van der Waals surface area contributed by atoms with Gasteiger partial charge in [-0.1, -0.05) is 19.3 Å². The predicted molar refractivity (Wildman–Crippen MR) is 77.9 cm³/mol. The van der Waals surface area contributed by atoms with Crippen LogP contribution in [0.4, 0.5) is 0 Å². The Balaban J connectivity index is 1.95. The number of likely N-dealkylation sites (tertiary alicyclic amines) is 1. The minimum atomic E-state index is -0.299. The quantitative estimate of drug-likeness (QED) is 0.801. The van der Waals surface area contributed by atoms with Crippen LogP contribution in [0.2, 0.25) is 0 Å². The van der Waals surface area contributed by atoms with E-state index in [0.717, 1.165) is 25.7 Å². The maximum atomic E-state index is 12.4. The Labute approximate surface area is 119 Å². The van der Waals surface area contributed by atoms with Gasteiger partial charge in [-0.15, -0.1) is 11.8 Å². The fraction of sp³-hybridized carbons (Fsp3) is 0.857. The fourth-order valence-electron chi connectivity index (χ4n) is 2.79. The lowest BCUT2D eigenvalue weighted by Crippen LogP contribution is -2.42. The Bertz CT molecular complexity index is 359. The molecule has 1 unspecified atom stereocenters. The summed E-state index contributed by atoms with van der Waals surface area (Å²) in [7, 11) is 0. The second-order valence-electron chi connectivity index (χ2n) is 6.39. The van der Waals surface area contributed by atoms with Crippen molar-refractivity contribution in [2.45, 2.75) is 69.2 Å². The second kappa shape index (κ2) is 5.83. The summed E-state index contributed by atoms with van der Waals surface area (Å²) in [5.41, 5.74) is 5.64. The first-order chi connectivity index (χ1) is 8.88. The Kier molecular flexibility index (Phi) is 4.56. The Morgan fingerprint density at radius 1 is 1.26 bits per heavy atom. The molecule has 4 nitrogen and oxygen atoms in total. The van der Waals surface area contributed by atoms with E-state index in [-0.39, 0.29) is 28.6 Å². The van der Waals surface area contributed by atoms with Crippen LogP contribution in [0.1, 0.15) is 52.4 Å². The molecule has 0 bridgehead atoms. The first-order valence-electron chi connectivity index (χ1n) is 7.15. The number of carbonyl (C=O) groups is 2. The highest BCUT2D eigenvalue weighted by atomic mass is 32.2. The number of hydrogen-bond donors (Lipinski definition) is 1. The van der Waals surface area contributed by atoms with Gasteiger partial charge in [0.15, 0.2) is 0 Å². The zero-order valence-electron chi connectivity index (χ0n) is 11.9. The molecule has 19 heavy (non-hydrogen) atoms. The van der Waals surface area contributed by atoms with Gasteiger partial charge in [0, 0.05) is 23.8 Å². The number of carbonyl (C=O) groups excluding carboxylic acids is 2. The number of amides is 2. The summed E-state index contributed by atoms with van der Waals surface area (Å²) in [5, 5.41) is -0.211. The van der Waals surface area contributed by atoms with Gasteiger partial charge < -0.3 is 5.73 Å². The molecule has 108 valence electrons. The average molecular weight is 284 g/mol. The average Bonchev–Trinajstić information content (AvgIpc) is 2.62. The maximum absolute atomic E-state index is 12.4. The zero-order chi connectivity index (χ0) is 14.0. The van der Waals surface area contributed by atoms with Crippen molar-refractivity contribution in [3.8, 4) is 0 Å². The summed E-state index contributed by atoms with van der Waals surface area (Å²) >= 11 is 1.53. The van der Waals surface area contributed by atoms with E-state index in [1.54, 1.807) is 4.90 Å². The van der Waals surface area contributed by atoms with Gasteiger partial charge in [-0.25, -0.2) is 0 Å². The lowest BCUT2D eigenvalue weighted by molar-refractivity contribution is -0.141. The van der Waals surface area contributed by atoms with E-state index < -0.39 is 0 Å². The van der Waals surface area contributed by atoms with Crippen molar-refractivity contribution in [3.05, 3.63) is 0 Å². The smallest absolute Gasteiger partial charge is 0.243 e. The molecule has 0 aromatic rings. The SMILES string of the molecule is CC(C)(N)CSC1CC(=O)N(C2CCCCC2)C1=O. The van der Waals surface area contributed by atoms with Gasteiger partial charge in [-0.2, -0.15) is 0 Å². The van der Waals surface area contributed by atoms with E-state index in [4.69, 9.17) is 5.73 Å². The van der Waals surface area contributed by atoms with Crippen LogP contribution in [0.5, 0.6) is 0 Å². The van der Waals surface area contributed by atoms with Crippen molar-refractivity contribution in [3.63, 3.8) is 0 Å². The minimum absolute atomic E-state index is 0.0178. The summed E-state index contributed by atoms with van der Waals surface area (Å²) < 4.78 is 0. The van der Waals surface area contributed by atoms with Gasteiger partial charge >= 0.3 is 0 Å². The standard InChI is InChI=1S/C14H24N2O2S/c1-14(2,15)9-19-11-8-12(17)16(13(11)18)10-6-4-3-5-7-10/h10-11H,3-9,15H2,1-2H3. The summed E-state index contributed by atoms with van der Waals surface area (Å²) in [4.78, 5) is 26.0. The molecule has 1 saturated heterocycles. The molecular formula is C14H24N2O2S. The van der Waals surface area contributed by atoms with Crippen LogP contribution >= 0.6 is 11.8 Å². The molecular weight excluding hydrogens is 260 g/mol. The molecule has 1 aliphatic carbocycles. The van der Waals surface area contributed by atoms with Gasteiger partial charge in [0.05, 0.1) is 5.25 Å². The zero-order valence-corrected chi connectivity index (χ0v) is 12.7. The van der Waals surface area contributed by atoms with Crippen molar-refractivity contribution < 1.29 is 9.59 Å². The molecule has 1 atom stereocenters. The minimum Gasteiger partial charge on any atom is -0.325 e. The first-order valence-corrected chi connectivity index (χ1v) is 8.20. The van der Waals surface area contributed by atoms with Crippen molar-refractivity contribution >= 4 is 23.6 Å². The van der Waals surface area contributed by atoms with Gasteiger partial charge in [0.1, 0.15) is 0 Å². The van der Waals surface area contributed by atoms with Crippen molar-refractivity contribution in [2.24, 2.45) is 5.73 Å². The Morgan fingerprint density at radius 2 is 1.89 bits per heavy atom. The third kappa shape index (κ3) is 3.72. The topological polar surface area (TPSA) is 63.4 Å². The molecule has 0 radical (unpaired) electrons. The molecule has 5 heteroatoms. The molecule has 0 aromatic carbocycles. The molecule has 2 fully saturated rings. The molecule has 0 spiro atoms. The van der Waals surface area contributed by atoms with Gasteiger partial charge in [-0.3, -0.25) is 14.5 Å². The Hall–Kier alpha value is -0.550. The molecule has 0 aromatic heterocycles. The molecule has 2 amide bonds. The number of nitrogens with two attached hydrogens (primary N) is 1. The van der Waals surface area contributed by atoms with Crippen LogP contribution in [0, 0.1) is 0 Å². The van der Waals surface area contributed by atoms with Crippen molar-refractivity contribution in [2.75, 3.05) is 5.75 Å². The van der Waals surface area contributed by atoms with Crippen LogP contribution in [0.15, 0.2) is 0 Å². The van der Waals surface area contributed by atoms with E-state index >= 15 is 0 Å². The van der Waals surface area contributed by atoms with E-state index in [2.05, 4.69) is 0 Å². The summed E-state index contributed by atoms with van der Waals surface area (Å²) in [6.45, 7) is 3.89. The van der Waals surface area contributed by atoms with Gasteiger partial charge in [0.25, 0.3) is 0 Å². The molecule has 1 saturated carbocycles. The second-order valence-corrected chi connectivity index (χ2v) is 7.58. The van der Waals surface area contributed by atoms with Crippen LogP contribution in [-0.2, 0) is 9.59 Å². The van der Waals surface area contributed by atoms with Crippen LogP contribution in [0.25, 0.3) is 0 Å². The number of imide groups is 1. The summed E-state index contributed by atoms with van der Waals surface area (Å²) in [6, 6.07) is 0.158. The molecule has 1 aliphatic heterocycles. The van der Waals surface area contributed by atoms with Crippen molar-refractivity contribution in [1.82, 2.24) is 4.90 Å². The highest BCUT2D eigenvalue weighted by molar-refractivity contribution is 8.00. The van der Waals surface area contributed by atoms with E-state index in [1.807, 2.05) is 13.8 Å². The first kappa shape index (κ1) is 14.9. The number of thioether (sulfide) groups is 1. The highest BCUT2D eigenvalue weighted by Gasteiger charge is 2.42. The Morgan fingerprint density at radius 3 is 2.47 bits per heavy atom. The van der Waals surface area contributed by atoms with Gasteiger partial charge in [-0.05, 0) is 26.7 Å². The van der Waals surface area contributed by atoms with Crippen molar-refractivity contribution in [1.29, 1.82) is 0 Å². The molecule has 2 aliphatic rings.